The minimum atomic E-state index is -3.61. The van der Waals surface area contributed by atoms with Gasteiger partial charge in [0.2, 0.25) is 0 Å². The molecule has 3 unspecified atom stereocenters. The first-order chi connectivity index (χ1) is 21.9. The van der Waals surface area contributed by atoms with Gasteiger partial charge in [-0.1, -0.05) is 38.3 Å². The largest absolute Gasteiger partial charge is 0.396 e. The van der Waals surface area contributed by atoms with Crippen molar-refractivity contribution in [1.82, 2.24) is 0 Å². The van der Waals surface area contributed by atoms with E-state index in [2.05, 4.69) is 20.1 Å². The van der Waals surface area contributed by atoms with E-state index in [-0.39, 0.29) is 54.9 Å². The van der Waals surface area contributed by atoms with E-state index in [0.717, 1.165) is 49.7 Å². The third-order valence-corrected chi connectivity index (χ3v) is 12.0. The second-order valence-electron chi connectivity index (χ2n) is 14.1. The molecule has 10 heteroatoms. The van der Waals surface area contributed by atoms with E-state index in [0.29, 0.717) is 24.3 Å². The lowest BCUT2D eigenvalue weighted by atomic mass is 9.83. The maximum atomic E-state index is 13.7. The van der Waals surface area contributed by atoms with Crippen molar-refractivity contribution in [2.24, 2.45) is 11.8 Å². The van der Waals surface area contributed by atoms with E-state index < -0.39 is 33.8 Å². The predicted molar refractivity (Wildman–Crippen MR) is 175 cm³/mol. The van der Waals surface area contributed by atoms with Crippen LogP contribution in [0, 0.1) is 11.8 Å². The summed E-state index contributed by atoms with van der Waals surface area (Å²) < 4.78 is 65.0. The number of hydrogen-bond acceptors (Lipinski definition) is 9. The quantitative estimate of drug-likeness (QED) is 0.262. The molecule has 1 aromatic rings. The molecular weight excluding hydrogens is 608 g/mol. The summed E-state index contributed by atoms with van der Waals surface area (Å²) in [5.41, 5.74) is 2.13. The zero-order valence-corrected chi connectivity index (χ0v) is 28.8. The fourth-order valence-corrected chi connectivity index (χ4v) is 9.37. The second kappa shape index (κ2) is 15.3. The van der Waals surface area contributed by atoms with Crippen molar-refractivity contribution in [2.75, 3.05) is 26.1 Å². The molecule has 4 fully saturated rings. The minimum absolute atomic E-state index is 0.00639. The van der Waals surface area contributed by atoms with Crippen LogP contribution in [-0.4, -0.2) is 94.2 Å². The van der Waals surface area contributed by atoms with E-state index in [4.69, 9.17) is 28.4 Å². The third kappa shape index (κ3) is 8.69. The Balaban J connectivity index is 1.29. The molecule has 4 heterocycles. The van der Waals surface area contributed by atoms with E-state index in [1.807, 2.05) is 19.9 Å². The molecule has 0 amide bonds. The SMILES string of the molecule is C=C1C[C@H](CCCO)OC1CCC1C[C@@H](C)C(=C)[C@@H](C[C@@H]2O[C@H](C[C@H]3COC(C)(C)O3)[C@H](OC)C2CS(=O)(=O)c2ccccc2)O1. The molecule has 5 rings (SSSR count). The molecule has 0 aliphatic carbocycles. The number of methoxy groups -OCH3 is 1. The molecule has 4 saturated heterocycles. The zero-order chi connectivity index (χ0) is 33.1. The standard InChI is InChI=1S/C36H54O9S/c1-23-17-27(14-15-31-24(2)18-26(42-31)11-10-16-37)43-32(25(23)3)20-33-30(22-46(38,39)29-12-8-7-9-13-29)35(40-6)34(44-33)19-28-21-41-36(4,5)45-28/h7-9,12-13,23,26-28,30-35,37H,2-3,10-11,14-22H2,1,4-6H3/t23-,26+,27?,28+,30?,31?,32-,33+,34-,35-/m1/s1. The van der Waals surface area contributed by atoms with Crippen molar-refractivity contribution in [2.45, 2.75) is 132 Å². The summed E-state index contributed by atoms with van der Waals surface area (Å²) in [4.78, 5) is 0.294. The molecule has 4 aliphatic rings. The maximum absolute atomic E-state index is 13.7. The summed E-state index contributed by atoms with van der Waals surface area (Å²) in [6.45, 7) is 15.3. The molecule has 0 bridgehead atoms. The van der Waals surface area contributed by atoms with Gasteiger partial charge in [0, 0.05) is 32.5 Å². The van der Waals surface area contributed by atoms with Crippen LogP contribution in [0.5, 0.6) is 0 Å². The first-order valence-electron chi connectivity index (χ1n) is 16.9. The maximum Gasteiger partial charge on any atom is 0.178 e. The Morgan fingerprint density at radius 3 is 2.37 bits per heavy atom. The lowest BCUT2D eigenvalue weighted by molar-refractivity contribution is -0.144. The lowest BCUT2D eigenvalue weighted by Gasteiger charge is -2.38. The molecular formula is C36H54O9S. The summed E-state index contributed by atoms with van der Waals surface area (Å²) in [7, 11) is -1.99. The van der Waals surface area contributed by atoms with Crippen molar-refractivity contribution in [3.05, 3.63) is 54.6 Å². The molecule has 258 valence electrons. The van der Waals surface area contributed by atoms with E-state index in [1.165, 1.54) is 0 Å². The predicted octanol–water partition coefficient (Wildman–Crippen LogP) is 5.41. The molecule has 0 aromatic heterocycles. The highest BCUT2D eigenvalue weighted by molar-refractivity contribution is 7.91. The van der Waals surface area contributed by atoms with Gasteiger partial charge in [0.1, 0.15) is 0 Å². The summed E-state index contributed by atoms with van der Waals surface area (Å²) >= 11 is 0. The Hall–Kier alpha value is -1.63. The molecule has 1 N–H and O–H groups in total. The van der Waals surface area contributed by atoms with Crippen molar-refractivity contribution >= 4 is 9.84 Å². The topological polar surface area (TPSA) is 110 Å². The van der Waals surface area contributed by atoms with Crippen LogP contribution in [0.25, 0.3) is 0 Å². The van der Waals surface area contributed by atoms with Crippen LogP contribution in [0.15, 0.2) is 59.5 Å². The molecule has 9 nitrogen and oxygen atoms in total. The van der Waals surface area contributed by atoms with Gasteiger partial charge in [-0.05, 0) is 81.6 Å². The summed E-state index contributed by atoms with van der Waals surface area (Å²) in [6.07, 6.45) is 4.48. The minimum Gasteiger partial charge on any atom is -0.396 e. The zero-order valence-electron chi connectivity index (χ0n) is 28.0. The Labute approximate surface area is 275 Å². The van der Waals surface area contributed by atoms with Gasteiger partial charge in [-0.3, -0.25) is 0 Å². The van der Waals surface area contributed by atoms with Gasteiger partial charge in [0.25, 0.3) is 0 Å². The molecule has 4 aliphatic heterocycles. The van der Waals surface area contributed by atoms with Crippen LogP contribution in [0.3, 0.4) is 0 Å². The lowest BCUT2D eigenvalue weighted by Crippen LogP contribution is -2.40. The van der Waals surface area contributed by atoms with Crippen LogP contribution >= 0.6 is 0 Å². The van der Waals surface area contributed by atoms with Gasteiger partial charge in [0.05, 0.1) is 66.1 Å². The fourth-order valence-electron chi connectivity index (χ4n) is 7.70. The Morgan fingerprint density at radius 2 is 1.70 bits per heavy atom. The van der Waals surface area contributed by atoms with Crippen LogP contribution in [0.2, 0.25) is 0 Å². The first kappa shape index (κ1) is 35.7. The number of rotatable bonds is 14. The second-order valence-corrected chi connectivity index (χ2v) is 16.1. The molecule has 0 radical (unpaired) electrons. The van der Waals surface area contributed by atoms with Gasteiger partial charge in [-0.2, -0.15) is 0 Å². The highest BCUT2D eigenvalue weighted by atomic mass is 32.2. The average Bonchev–Trinajstić information content (AvgIpc) is 3.66. The van der Waals surface area contributed by atoms with Crippen molar-refractivity contribution < 1.29 is 41.9 Å². The van der Waals surface area contributed by atoms with Crippen LogP contribution in [0.4, 0.5) is 0 Å². The molecule has 0 saturated carbocycles. The number of aliphatic hydroxyl groups is 1. The molecule has 1 aromatic carbocycles. The Bertz CT molecular complexity index is 1280. The molecule has 10 atom stereocenters. The smallest absolute Gasteiger partial charge is 0.178 e. The monoisotopic (exact) mass is 662 g/mol. The number of ether oxygens (including phenoxy) is 6. The number of hydrogen-bond donors (Lipinski definition) is 1. The normalized spacial score (nSPS) is 36.5. The van der Waals surface area contributed by atoms with Gasteiger partial charge in [0.15, 0.2) is 15.6 Å². The van der Waals surface area contributed by atoms with Crippen LogP contribution in [0.1, 0.15) is 72.1 Å². The molecule has 46 heavy (non-hydrogen) atoms. The highest BCUT2D eigenvalue weighted by Crippen LogP contribution is 2.42. The molecule has 0 spiro atoms. The van der Waals surface area contributed by atoms with Gasteiger partial charge in [-0.25, -0.2) is 8.42 Å². The van der Waals surface area contributed by atoms with Crippen molar-refractivity contribution in [3.8, 4) is 0 Å². The average molecular weight is 663 g/mol. The van der Waals surface area contributed by atoms with Gasteiger partial charge >= 0.3 is 0 Å². The van der Waals surface area contributed by atoms with Gasteiger partial charge in [-0.15, -0.1) is 0 Å². The third-order valence-electron chi connectivity index (χ3n) is 10.2. The van der Waals surface area contributed by atoms with E-state index >= 15 is 0 Å². The van der Waals surface area contributed by atoms with Crippen LogP contribution < -0.4 is 0 Å². The summed E-state index contributed by atoms with van der Waals surface area (Å²) in [5.74, 6) is -0.923. The van der Waals surface area contributed by atoms with Crippen molar-refractivity contribution in [3.63, 3.8) is 0 Å². The Morgan fingerprint density at radius 1 is 0.957 bits per heavy atom. The number of sulfone groups is 1. The van der Waals surface area contributed by atoms with Crippen molar-refractivity contribution in [1.29, 1.82) is 0 Å². The first-order valence-corrected chi connectivity index (χ1v) is 18.6. The number of benzene rings is 1. The highest BCUT2D eigenvalue weighted by Gasteiger charge is 2.50. The summed E-state index contributed by atoms with van der Waals surface area (Å²) in [5, 5.41) is 9.20. The van der Waals surface area contributed by atoms with E-state index in [9.17, 15) is 13.5 Å². The number of aliphatic hydroxyl groups excluding tert-OH is 1. The van der Waals surface area contributed by atoms with Gasteiger partial charge < -0.3 is 33.5 Å². The van der Waals surface area contributed by atoms with E-state index in [1.54, 1.807) is 31.4 Å². The summed E-state index contributed by atoms with van der Waals surface area (Å²) in [6, 6.07) is 8.58. The fraction of sp³-hybridized carbons (Fsp3) is 0.722. The van der Waals surface area contributed by atoms with Crippen LogP contribution in [-0.2, 0) is 38.3 Å². The Kier molecular flexibility index (Phi) is 11.9.